The van der Waals surface area contributed by atoms with Gasteiger partial charge in [0.1, 0.15) is 0 Å². The molecule has 1 heterocycles. The summed E-state index contributed by atoms with van der Waals surface area (Å²) in [6.45, 7) is 2.91. The number of aryl methyl sites for hydroxylation is 2. The molecule has 1 unspecified atom stereocenters. The van der Waals surface area contributed by atoms with Gasteiger partial charge in [0.05, 0.1) is 22.7 Å². The van der Waals surface area contributed by atoms with Crippen LogP contribution in [0.1, 0.15) is 16.1 Å². The number of halogens is 1. The summed E-state index contributed by atoms with van der Waals surface area (Å²) in [5.74, 6) is -0.105. The maximum absolute atomic E-state index is 11.8. The highest BCUT2D eigenvalue weighted by Crippen LogP contribution is 2.05. The highest BCUT2D eigenvalue weighted by molar-refractivity contribution is 9.09. The van der Waals surface area contributed by atoms with Crippen molar-refractivity contribution in [1.82, 2.24) is 15.1 Å². The lowest BCUT2D eigenvalue weighted by Gasteiger charge is -2.09. The Balaban J connectivity index is 2.50. The molecule has 0 aliphatic carbocycles. The molecule has 0 saturated heterocycles. The number of rotatable bonds is 5. The summed E-state index contributed by atoms with van der Waals surface area (Å²) in [5.41, 5.74) is 1.34. The molecule has 0 radical (unpaired) electrons. The number of nitrogens with zero attached hydrogens (tertiary/aromatic N) is 2. The van der Waals surface area contributed by atoms with E-state index in [1.54, 1.807) is 25.0 Å². The van der Waals surface area contributed by atoms with E-state index in [1.165, 1.54) is 0 Å². The van der Waals surface area contributed by atoms with E-state index < -0.39 is 0 Å². The molecule has 0 aromatic carbocycles. The summed E-state index contributed by atoms with van der Waals surface area (Å²) in [7, 11) is 3.42. The fourth-order valence-electron chi connectivity index (χ4n) is 1.36. The van der Waals surface area contributed by atoms with Gasteiger partial charge in [-0.05, 0) is 6.92 Å². The van der Waals surface area contributed by atoms with Gasteiger partial charge in [0.25, 0.3) is 5.91 Å². The molecule has 1 aromatic rings. The zero-order chi connectivity index (χ0) is 12.1. The van der Waals surface area contributed by atoms with Gasteiger partial charge < -0.3 is 10.1 Å². The van der Waals surface area contributed by atoms with E-state index >= 15 is 0 Å². The molecular weight excluding hydrogens is 274 g/mol. The number of ether oxygens (including phenoxy) is 1. The molecule has 5 nitrogen and oxygen atoms in total. The number of methoxy groups -OCH3 is 1. The molecule has 16 heavy (non-hydrogen) atoms. The Morgan fingerprint density at radius 1 is 1.75 bits per heavy atom. The lowest BCUT2D eigenvalue weighted by Crippen LogP contribution is -2.31. The largest absolute Gasteiger partial charge is 0.383 e. The van der Waals surface area contributed by atoms with Crippen LogP contribution >= 0.6 is 15.9 Å². The van der Waals surface area contributed by atoms with Gasteiger partial charge >= 0.3 is 0 Å². The summed E-state index contributed by atoms with van der Waals surface area (Å²) in [6, 6.07) is 0. The first-order chi connectivity index (χ1) is 7.54. The molecule has 0 aliphatic heterocycles. The third kappa shape index (κ3) is 3.61. The van der Waals surface area contributed by atoms with Crippen molar-refractivity contribution >= 4 is 21.8 Å². The third-order valence-corrected chi connectivity index (χ3v) is 2.68. The summed E-state index contributed by atoms with van der Waals surface area (Å²) in [4.78, 5) is 11.9. The fraction of sp³-hybridized carbons (Fsp3) is 0.600. The second-order valence-electron chi connectivity index (χ2n) is 3.56. The second-order valence-corrected chi connectivity index (χ2v) is 4.86. The van der Waals surface area contributed by atoms with Crippen molar-refractivity contribution in [2.24, 2.45) is 7.05 Å². The molecule has 0 bridgehead atoms. The first kappa shape index (κ1) is 13.2. The van der Waals surface area contributed by atoms with Gasteiger partial charge in [-0.15, -0.1) is 0 Å². The summed E-state index contributed by atoms with van der Waals surface area (Å²) >= 11 is 3.40. The molecule has 90 valence electrons. The maximum atomic E-state index is 11.8. The van der Waals surface area contributed by atoms with Crippen LogP contribution in [0.3, 0.4) is 0 Å². The lowest BCUT2D eigenvalue weighted by molar-refractivity contribution is 0.0949. The molecule has 0 fully saturated rings. The average molecular weight is 290 g/mol. The van der Waals surface area contributed by atoms with Gasteiger partial charge in [0, 0.05) is 26.9 Å². The van der Waals surface area contributed by atoms with Gasteiger partial charge in [0.15, 0.2) is 0 Å². The van der Waals surface area contributed by atoms with Crippen molar-refractivity contribution in [3.8, 4) is 0 Å². The van der Waals surface area contributed by atoms with Crippen LogP contribution in [0.15, 0.2) is 6.20 Å². The van der Waals surface area contributed by atoms with Gasteiger partial charge in [-0.25, -0.2) is 0 Å². The van der Waals surface area contributed by atoms with Crippen LogP contribution < -0.4 is 5.32 Å². The standard InChI is InChI=1S/C10H16BrN3O2/c1-7-9(5-14(2)13-7)10(15)12-4-8(11)6-16-3/h5,8H,4,6H2,1-3H3,(H,12,15). The van der Waals surface area contributed by atoms with Crippen LogP contribution in [0.25, 0.3) is 0 Å². The molecule has 1 amide bonds. The van der Waals surface area contributed by atoms with Crippen LogP contribution in [-0.4, -0.2) is 40.8 Å². The zero-order valence-electron chi connectivity index (χ0n) is 9.66. The van der Waals surface area contributed by atoms with Crippen LogP contribution in [0.4, 0.5) is 0 Å². The van der Waals surface area contributed by atoms with E-state index in [2.05, 4.69) is 26.3 Å². The van der Waals surface area contributed by atoms with Crippen molar-refractivity contribution in [2.75, 3.05) is 20.3 Å². The molecule has 0 aliphatic rings. The molecule has 1 rings (SSSR count). The van der Waals surface area contributed by atoms with Crippen molar-refractivity contribution < 1.29 is 9.53 Å². The van der Waals surface area contributed by atoms with Gasteiger partial charge in [-0.3, -0.25) is 9.48 Å². The Labute approximate surface area is 103 Å². The SMILES string of the molecule is COCC(Br)CNC(=O)c1cn(C)nc1C. The average Bonchev–Trinajstić information content (AvgIpc) is 2.55. The topological polar surface area (TPSA) is 56.1 Å². The summed E-state index contributed by atoms with van der Waals surface area (Å²) in [5, 5.41) is 6.93. The quantitative estimate of drug-likeness (QED) is 0.819. The minimum atomic E-state index is -0.105. The van der Waals surface area contributed by atoms with E-state index in [-0.39, 0.29) is 10.7 Å². The molecule has 1 atom stereocenters. The zero-order valence-corrected chi connectivity index (χ0v) is 11.2. The van der Waals surface area contributed by atoms with Crippen LogP contribution in [0.2, 0.25) is 0 Å². The van der Waals surface area contributed by atoms with E-state index in [9.17, 15) is 4.79 Å². The Hall–Kier alpha value is -0.880. The number of hydrogen-bond donors (Lipinski definition) is 1. The second kappa shape index (κ2) is 6.00. The number of hydrogen-bond acceptors (Lipinski definition) is 3. The molecule has 6 heteroatoms. The Morgan fingerprint density at radius 3 is 2.94 bits per heavy atom. The first-order valence-corrected chi connectivity index (χ1v) is 5.87. The number of nitrogens with one attached hydrogen (secondary N) is 1. The molecular formula is C10H16BrN3O2. The van der Waals surface area contributed by atoms with Crippen molar-refractivity contribution in [1.29, 1.82) is 0 Å². The Bertz CT molecular complexity index is 365. The first-order valence-electron chi connectivity index (χ1n) is 4.96. The molecule has 0 spiro atoms. The predicted octanol–water partition coefficient (Wildman–Crippen LogP) is 0.868. The summed E-state index contributed by atoms with van der Waals surface area (Å²) < 4.78 is 6.58. The highest BCUT2D eigenvalue weighted by Gasteiger charge is 2.13. The van der Waals surface area contributed by atoms with Crippen molar-refractivity contribution in [3.05, 3.63) is 17.5 Å². The van der Waals surface area contributed by atoms with Gasteiger partial charge in [-0.2, -0.15) is 5.10 Å². The van der Waals surface area contributed by atoms with Crippen LogP contribution in [-0.2, 0) is 11.8 Å². The smallest absolute Gasteiger partial charge is 0.254 e. The Morgan fingerprint density at radius 2 is 2.44 bits per heavy atom. The van der Waals surface area contributed by atoms with Crippen molar-refractivity contribution in [3.63, 3.8) is 0 Å². The maximum Gasteiger partial charge on any atom is 0.254 e. The summed E-state index contributed by atoms with van der Waals surface area (Å²) in [6.07, 6.45) is 1.71. The molecule has 0 saturated carbocycles. The minimum absolute atomic E-state index is 0.105. The number of aromatic nitrogens is 2. The van der Waals surface area contributed by atoms with Crippen LogP contribution in [0.5, 0.6) is 0 Å². The van der Waals surface area contributed by atoms with Gasteiger partial charge in [-0.1, -0.05) is 15.9 Å². The fourth-order valence-corrected chi connectivity index (χ4v) is 1.79. The molecule has 1 N–H and O–H groups in total. The normalized spacial score (nSPS) is 12.5. The van der Waals surface area contributed by atoms with E-state index in [0.29, 0.717) is 18.7 Å². The van der Waals surface area contributed by atoms with E-state index in [1.807, 2.05) is 6.92 Å². The number of carbonyl (C=O) groups excluding carboxylic acids is 1. The van der Waals surface area contributed by atoms with Gasteiger partial charge in [0.2, 0.25) is 0 Å². The lowest BCUT2D eigenvalue weighted by atomic mass is 10.2. The Kier molecular flexibility index (Phi) is 4.95. The van der Waals surface area contributed by atoms with Crippen LogP contribution in [0, 0.1) is 6.92 Å². The predicted molar refractivity (Wildman–Crippen MR) is 64.9 cm³/mol. The van der Waals surface area contributed by atoms with E-state index in [0.717, 1.165) is 5.69 Å². The number of carbonyl (C=O) groups is 1. The minimum Gasteiger partial charge on any atom is -0.383 e. The van der Waals surface area contributed by atoms with Crippen molar-refractivity contribution in [2.45, 2.75) is 11.8 Å². The number of alkyl halides is 1. The number of amides is 1. The van der Waals surface area contributed by atoms with E-state index in [4.69, 9.17) is 4.74 Å². The third-order valence-electron chi connectivity index (χ3n) is 2.09. The monoisotopic (exact) mass is 289 g/mol. The molecule has 1 aromatic heterocycles. The highest BCUT2D eigenvalue weighted by atomic mass is 79.9.